The molecule has 0 amide bonds. The zero-order chi connectivity index (χ0) is 26.6. The summed E-state index contributed by atoms with van der Waals surface area (Å²) in [5, 5.41) is 19.3. The van der Waals surface area contributed by atoms with E-state index in [2.05, 4.69) is 26.9 Å². The van der Waals surface area contributed by atoms with Crippen molar-refractivity contribution < 1.29 is 23.8 Å². The number of thioether (sulfide) groups is 1. The predicted molar refractivity (Wildman–Crippen MR) is 147 cm³/mol. The lowest BCUT2D eigenvalue weighted by molar-refractivity contribution is -0.131. The van der Waals surface area contributed by atoms with Crippen LogP contribution in [0.25, 0.3) is 28.4 Å². The Hall–Kier alpha value is -4.50. The Morgan fingerprint density at radius 1 is 1.00 bits per heavy atom. The minimum Gasteiger partial charge on any atom is -0.497 e. The number of carboxylic acids is 1. The van der Waals surface area contributed by atoms with Gasteiger partial charge in [-0.15, -0.1) is 10.2 Å². The molecule has 2 aromatic heterocycles. The molecule has 192 valence electrons. The van der Waals surface area contributed by atoms with Gasteiger partial charge in [-0.2, -0.15) is 0 Å². The molecular weight excluding hydrogens is 502 g/mol. The molecule has 0 fully saturated rings. The van der Waals surface area contributed by atoms with E-state index in [9.17, 15) is 9.90 Å². The summed E-state index contributed by atoms with van der Waals surface area (Å²) in [6.45, 7) is 2.67. The molecule has 5 aromatic rings. The maximum Gasteiger partial charge on any atom is 0.342 e. The maximum absolute atomic E-state index is 12.3. The molecule has 9 heteroatoms. The molecule has 8 nitrogen and oxygen atoms in total. The van der Waals surface area contributed by atoms with Crippen molar-refractivity contribution in [2.24, 2.45) is 0 Å². The topological polar surface area (TPSA) is 99.6 Å². The summed E-state index contributed by atoms with van der Waals surface area (Å²) in [6.07, 6.45) is 1.67. The average Bonchev–Trinajstić information content (AvgIpc) is 3.52. The van der Waals surface area contributed by atoms with Gasteiger partial charge in [0.05, 0.1) is 14.2 Å². The number of hydrogen-bond donors (Lipinski definition) is 1. The quantitative estimate of drug-likeness (QED) is 0.177. The van der Waals surface area contributed by atoms with Crippen LogP contribution in [0.5, 0.6) is 11.5 Å². The second-order valence-corrected chi connectivity index (χ2v) is 9.47. The Labute approximate surface area is 223 Å². The van der Waals surface area contributed by atoms with Crippen LogP contribution in [0.1, 0.15) is 16.8 Å². The summed E-state index contributed by atoms with van der Waals surface area (Å²) < 4.78 is 18.6. The highest BCUT2D eigenvalue weighted by Gasteiger charge is 2.20. The molecule has 0 spiro atoms. The summed E-state index contributed by atoms with van der Waals surface area (Å²) in [4.78, 5) is 12.3. The molecule has 2 heterocycles. The van der Waals surface area contributed by atoms with Crippen LogP contribution in [0.15, 0.2) is 87.3 Å². The van der Waals surface area contributed by atoms with Gasteiger partial charge in [0.15, 0.2) is 0 Å². The number of methoxy groups -OCH3 is 2. The second-order valence-electron chi connectivity index (χ2n) is 8.48. The van der Waals surface area contributed by atoms with E-state index in [-0.39, 0.29) is 16.0 Å². The number of fused-ring (bicyclic) bond motifs is 1. The first-order valence-corrected chi connectivity index (χ1v) is 12.6. The van der Waals surface area contributed by atoms with Crippen molar-refractivity contribution in [1.29, 1.82) is 0 Å². The molecule has 0 bridgehead atoms. The van der Waals surface area contributed by atoms with Crippen LogP contribution in [-0.4, -0.2) is 40.1 Å². The largest absolute Gasteiger partial charge is 0.497 e. The fraction of sp³-hybridized carbons (Fsp3) is 0.138. The number of carbonyl (C=O) groups is 1. The van der Waals surface area contributed by atoms with Gasteiger partial charge in [-0.05, 0) is 48.5 Å². The Morgan fingerprint density at radius 2 is 1.68 bits per heavy atom. The highest BCUT2D eigenvalue weighted by molar-refractivity contribution is 8.03. The summed E-state index contributed by atoms with van der Waals surface area (Å²) in [7, 11) is 3.10. The number of nitrogens with zero attached hydrogens (tertiary/aromatic N) is 3. The van der Waals surface area contributed by atoms with E-state index < -0.39 is 5.97 Å². The Kier molecular flexibility index (Phi) is 7.19. The van der Waals surface area contributed by atoms with Gasteiger partial charge < -0.3 is 23.6 Å². The van der Waals surface area contributed by atoms with Gasteiger partial charge in [0, 0.05) is 40.3 Å². The fourth-order valence-electron chi connectivity index (χ4n) is 4.27. The van der Waals surface area contributed by atoms with Gasteiger partial charge in [-0.25, -0.2) is 4.79 Å². The third kappa shape index (κ3) is 5.14. The van der Waals surface area contributed by atoms with Gasteiger partial charge in [-0.3, -0.25) is 0 Å². The molecule has 0 unspecified atom stereocenters. The minimum absolute atomic E-state index is 0.0640. The molecule has 0 aliphatic rings. The monoisotopic (exact) mass is 527 g/mol. The normalized spacial score (nSPS) is 11.6. The molecule has 0 saturated heterocycles. The molecular formula is C29H25N3O5S. The molecule has 38 heavy (non-hydrogen) atoms. The third-order valence-corrected chi connectivity index (χ3v) is 7.00. The lowest BCUT2D eigenvalue weighted by Gasteiger charge is -2.08. The number of carboxylic acid groups (broad SMARTS) is 1. The number of aromatic nitrogens is 3. The van der Waals surface area contributed by atoms with Crippen molar-refractivity contribution in [2.75, 3.05) is 14.2 Å². The van der Waals surface area contributed by atoms with E-state index in [1.807, 2.05) is 49.4 Å². The van der Waals surface area contributed by atoms with E-state index in [1.165, 1.54) is 0 Å². The van der Waals surface area contributed by atoms with Crippen LogP contribution < -0.4 is 9.47 Å². The molecule has 3 aromatic carbocycles. The van der Waals surface area contributed by atoms with Crippen LogP contribution in [-0.2, 0) is 11.3 Å². The van der Waals surface area contributed by atoms with Crippen molar-refractivity contribution in [3.05, 3.63) is 94.5 Å². The number of aliphatic carboxylic acids is 1. The van der Waals surface area contributed by atoms with Gasteiger partial charge >= 0.3 is 5.97 Å². The van der Waals surface area contributed by atoms with Crippen LogP contribution in [0.3, 0.4) is 0 Å². The van der Waals surface area contributed by atoms with Gasteiger partial charge in [0.2, 0.25) is 5.89 Å². The van der Waals surface area contributed by atoms with Gasteiger partial charge in [0.1, 0.15) is 16.4 Å². The summed E-state index contributed by atoms with van der Waals surface area (Å²) in [5.41, 5.74) is 4.58. The number of ether oxygens (including phenoxy) is 2. The summed E-state index contributed by atoms with van der Waals surface area (Å²) >= 11 is 0.907. The van der Waals surface area contributed by atoms with Crippen molar-refractivity contribution in [3.8, 4) is 23.0 Å². The molecule has 0 radical (unpaired) electrons. The minimum atomic E-state index is -1.09. The smallest absolute Gasteiger partial charge is 0.342 e. The number of rotatable bonds is 9. The third-order valence-electron chi connectivity index (χ3n) is 6.15. The molecule has 5 rings (SSSR count). The van der Waals surface area contributed by atoms with E-state index >= 15 is 0 Å². The van der Waals surface area contributed by atoms with Crippen molar-refractivity contribution in [1.82, 2.24) is 14.8 Å². The predicted octanol–water partition coefficient (Wildman–Crippen LogP) is 6.28. The van der Waals surface area contributed by atoms with E-state index in [0.29, 0.717) is 23.6 Å². The lowest BCUT2D eigenvalue weighted by atomic mass is 10.1. The van der Waals surface area contributed by atoms with Crippen molar-refractivity contribution >= 4 is 34.7 Å². The van der Waals surface area contributed by atoms with Crippen molar-refractivity contribution in [2.45, 2.75) is 18.7 Å². The highest BCUT2D eigenvalue weighted by Crippen LogP contribution is 2.35. The van der Waals surface area contributed by atoms with Crippen LogP contribution in [0.2, 0.25) is 0 Å². The molecule has 0 saturated carbocycles. The maximum atomic E-state index is 12.3. The van der Waals surface area contributed by atoms with E-state index in [1.54, 1.807) is 38.5 Å². The number of hydrogen-bond acceptors (Lipinski definition) is 7. The average molecular weight is 528 g/mol. The first-order valence-electron chi connectivity index (χ1n) is 11.8. The molecule has 0 atom stereocenters. The Bertz CT molecular complexity index is 1620. The lowest BCUT2D eigenvalue weighted by Crippen LogP contribution is -2.02. The molecule has 0 aliphatic heterocycles. The van der Waals surface area contributed by atoms with E-state index in [0.717, 1.165) is 39.5 Å². The van der Waals surface area contributed by atoms with Crippen LogP contribution in [0.4, 0.5) is 0 Å². The Morgan fingerprint density at radius 3 is 2.37 bits per heavy atom. The first kappa shape index (κ1) is 25.2. The molecule has 1 N–H and O–H groups in total. The van der Waals surface area contributed by atoms with Crippen molar-refractivity contribution in [3.63, 3.8) is 0 Å². The number of para-hydroxylation sites is 1. The zero-order valence-corrected chi connectivity index (χ0v) is 21.9. The fourth-order valence-corrected chi connectivity index (χ4v) is 4.92. The van der Waals surface area contributed by atoms with Crippen LogP contribution in [0, 0.1) is 6.92 Å². The summed E-state index contributed by atoms with van der Waals surface area (Å²) in [6, 6.07) is 23.4. The van der Waals surface area contributed by atoms with Crippen LogP contribution >= 0.6 is 11.8 Å². The van der Waals surface area contributed by atoms with Gasteiger partial charge in [0.25, 0.3) is 5.22 Å². The summed E-state index contributed by atoms with van der Waals surface area (Å²) in [5.74, 6) is 0.280. The SMILES string of the molecule is COc1cc(OC)cc(-c2nnc(S/C(=C\c3c(C)n(Cc4ccccc4)c4ccccc34)C(=O)O)o2)c1. The second kappa shape index (κ2) is 10.9. The zero-order valence-electron chi connectivity index (χ0n) is 21.0. The first-order chi connectivity index (χ1) is 18.5. The van der Waals surface area contributed by atoms with Gasteiger partial charge in [-0.1, -0.05) is 48.5 Å². The molecule has 0 aliphatic carbocycles. The number of benzene rings is 3. The highest BCUT2D eigenvalue weighted by atomic mass is 32.2. The Balaban J connectivity index is 1.50. The standard InChI is InChI=1S/C29H25N3O5S/c1-18-24(23-11-7-8-12-25(23)32(18)17-19-9-5-4-6-10-19)16-26(28(33)34)38-29-31-30-27(37-29)20-13-21(35-2)15-22(14-20)36-3/h4-16H,17H2,1-3H3,(H,33,34)/b26-16-. The van der Waals surface area contributed by atoms with E-state index in [4.69, 9.17) is 13.9 Å².